The summed E-state index contributed by atoms with van der Waals surface area (Å²) in [4.78, 5) is 11.9. The number of hydrogen-bond acceptors (Lipinski definition) is 6. The molecule has 138 valence electrons. The van der Waals surface area contributed by atoms with Crippen LogP contribution in [0.25, 0.3) is 0 Å². The first-order chi connectivity index (χ1) is 11.5. The number of allylic oxidation sites excluding steroid dienone is 2. The SMILES string of the molecule is CCC(C)C(O)C(C)(O)C=CC1=CC2=CC(=O)C(C)(O)C(O)C2=CO1. The molecule has 6 heteroatoms. The number of carbonyl (C=O) groups excluding carboxylic acids is 1. The largest absolute Gasteiger partial charge is 0.465 e. The van der Waals surface area contributed by atoms with E-state index in [1.54, 1.807) is 0 Å². The molecule has 6 nitrogen and oxygen atoms in total. The number of ether oxygens (including phenoxy) is 1. The van der Waals surface area contributed by atoms with Crippen LogP contribution in [-0.4, -0.2) is 49.6 Å². The maximum absolute atomic E-state index is 11.9. The molecule has 0 spiro atoms. The molecule has 2 rings (SSSR count). The van der Waals surface area contributed by atoms with Crippen LogP contribution in [0, 0.1) is 5.92 Å². The van der Waals surface area contributed by atoms with Crippen molar-refractivity contribution < 1.29 is 30.0 Å². The second-order valence-corrected chi connectivity index (χ2v) is 7.14. The molecule has 0 aromatic rings. The fourth-order valence-electron chi connectivity index (χ4n) is 2.78. The third kappa shape index (κ3) is 3.77. The van der Waals surface area contributed by atoms with Crippen LogP contribution in [0.1, 0.15) is 34.1 Å². The van der Waals surface area contributed by atoms with Crippen molar-refractivity contribution in [2.45, 2.75) is 57.5 Å². The molecule has 1 aliphatic carbocycles. The molecule has 0 aromatic heterocycles. The van der Waals surface area contributed by atoms with Crippen molar-refractivity contribution in [1.82, 2.24) is 0 Å². The average molecular weight is 350 g/mol. The molecule has 0 aromatic carbocycles. The summed E-state index contributed by atoms with van der Waals surface area (Å²) in [5, 5.41) is 40.8. The lowest BCUT2D eigenvalue weighted by molar-refractivity contribution is -0.140. The lowest BCUT2D eigenvalue weighted by Crippen LogP contribution is -2.50. The fraction of sp³-hybridized carbons (Fsp3) is 0.526. The first-order valence-electron chi connectivity index (χ1n) is 8.35. The van der Waals surface area contributed by atoms with Gasteiger partial charge in [0.1, 0.15) is 17.5 Å². The lowest BCUT2D eigenvalue weighted by Gasteiger charge is -2.34. The van der Waals surface area contributed by atoms with Crippen molar-refractivity contribution in [2.75, 3.05) is 0 Å². The van der Waals surface area contributed by atoms with E-state index in [-0.39, 0.29) is 5.92 Å². The van der Waals surface area contributed by atoms with Crippen molar-refractivity contribution in [3.8, 4) is 0 Å². The molecule has 5 unspecified atom stereocenters. The minimum absolute atomic E-state index is 0.0801. The monoisotopic (exact) mass is 350 g/mol. The zero-order valence-electron chi connectivity index (χ0n) is 14.9. The Kier molecular flexibility index (Phi) is 5.39. The molecule has 2 aliphatic rings. The number of ketones is 1. The van der Waals surface area contributed by atoms with E-state index in [1.807, 2.05) is 13.8 Å². The quantitative estimate of drug-likeness (QED) is 0.592. The summed E-state index contributed by atoms with van der Waals surface area (Å²) in [6.45, 7) is 6.54. The molecule has 0 amide bonds. The Hall–Kier alpha value is -1.73. The highest BCUT2D eigenvalue weighted by Gasteiger charge is 2.44. The highest BCUT2D eigenvalue weighted by Crippen LogP contribution is 2.34. The molecule has 0 fully saturated rings. The number of aliphatic hydroxyl groups excluding tert-OH is 2. The van der Waals surface area contributed by atoms with Crippen molar-refractivity contribution in [3.05, 3.63) is 47.5 Å². The molecule has 0 bridgehead atoms. The topological polar surface area (TPSA) is 107 Å². The van der Waals surface area contributed by atoms with Gasteiger partial charge in [0, 0.05) is 5.57 Å². The lowest BCUT2D eigenvalue weighted by atomic mass is 9.79. The van der Waals surface area contributed by atoms with Crippen LogP contribution in [0.3, 0.4) is 0 Å². The van der Waals surface area contributed by atoms with Crippen molar-refractivity contribution in [1.29, 1.82) is 0 Å². The predicted octanol–water partition coefficient (Wildman–Crippen LogP) is 1.12. The van der Waals surface area contributed by atoms with Crippen LogP contribution in [0.5, 0.6) is 0 Å². The van der Waals surface area contributed by atoms with Crippen molar-refractivity contribution >= 4 is 5.78 Å². The van der Waals surface area contributed by atoms with E-state index in [2.05, 4.69) is 0 Å². The first-order valence-corrected chi connectivity index (χ1v) is 8.35. The molecule has 0 radical (unpaired) electrons. The van der Waals surface area contributed by atoms with Gasteiger partial charge in [-0.25, -0.2) is 0 Å². The van der Waals surface area contributed by atoms with Crippen LogP contribution in [-0.2, 0) is 9.53 Å². The van der Waals surface area contributed by atoms with E-state index >= 15 is 0 Å². The van der Waals surface area contributed by atoms with Crippen molar-refractivity contribution in [3.63, 3.8) is 0 Å². The summed E-state index contributed by atoms with van der Waals surface area (Å²) >= 11 is 0. The zero-order valence-corrected chi connectivity index (χ0v) is 14.9. The van der Waals surface area contributed by atoms with Crippen LogP contribution < -0.4 is 0 Å². The summed E-state index contributed by atoms with van der Waals surface area (Å²) < 4.78 is 5.40. The van der Waals surface area contributed by atoms with E-state index in [1.165, 1.54) is 44.4 Å². The second-order valence-electron chi connectivity index (χ2n) is 7.14. The summed E-state index contributed by atoms with van der Waals surface area (Å²) in [7, 11) is 0. The smallest absolute Gasteiger partial charge is 0.190 e. The molecule has 0 saturated heterocycles. The average Bonchev–Trinajstić information content (AvgIpc) is 2.57. The Balaban J connectivity index is 2.22. The van der Waals surface area contributed by atoms with Gasteiger partial charge in [0.2, 0.25) is 0 Å². The van der Waals surface area contributed by atoms with Gasteiger partial charge in [-0.3, -0.25) is 4.79 Å². The van der Waals surface area contributed by atoms with Gasteiger partial charge in [-0.05, 0) is 49.6 Å². The number of rotatable bonds is 5. The maximum atomic E-state index is 11.9. The second kappa shape index (κ2) is 6.88. The minimum Gasteiger partial charge on any atom is -0.465 e. The Labute approximate surface area is 147 Å². The molecule has 25 heavy (non-hydrogen) atoms. The summed E-state index contributed by atoms with van der Waals surface area (Å²) in [5.41, 5.74) is -2.57. The fourth-order valence-corrected chi connectivity index (χ4v) is 2.78. The van der Waals surface area contributed by atoms with E-state index in [4.69, 9.17) is 4.74 Å². The third-order valence-electron chi connectivity index (χ3n) is 4.93. The maximum Gasteiger partial charge on any atom is 0.190 e. The summed E-state index contributed by atoms with van der Waals surface area (Å²) in [5.74, 6) is -0.329. The van der Waals surface area contributed by atoms with Crippen LogP contribution in [0.4, 0.5) is 0 Å². The number of fused-ring (bicyclic) bond motifs is 1. The van der Waals surface area contributed by atoms with Gasteiger partial charge in [-0.1, -0.05) is 20.3 Å². The van der Waals surface area contributed by atoms with Crippen LogP contribution >= 0.6 is 0 Å². The minimum atomic E-state index is -1.88. The molecular weight excluding hydrogens is 324 g/mol. The Morgan fingerprint density at radius 1 is 1.44 bits per heavy atom. The van der Waals surface area contributed by atoms with E-state index in [0.29, 0.717) is 16.9 Å². The molecule has 0 saturated carbocycles. The van der Waals surface area contributed by atoms with Gasteiger partial charge in [-0.15, -0.1) is 0 Å². The van der Waals surface area contributed by atoms with Gasteiger partial charge in [-0.2, -0.15) is 0 Å². The summed E-state index contributed by atoms with van der Waals surface area (Å²) in [6, 6.07) is 0. The van der Waals surface area contributed by atoms with Crippen molar-refractivity contribution in [2.24, 2.45) is 5.92 Å². The van der Waals surface area contributed by atoms with Crippen LogP contribution in [0.2, 0.25) is 0 Å². The highest BCUT2D eigenvalue weighted by atomic mass is 16.5. The van der Waals surface area contributed by atoms with E-state index < -0.39 is 29.2 Å². The Morgan fingerprint density at radius 3 is 2.68 bits per heavy atom. The standard InChI is InChI=1S/C19H26O6/c1-5-11(2)16(21)18(3,23)7-6-13-8-12-9-15(20)19(4,24)17(22)14(12)10-25-13/h6-11,16-17,21-24H,5H2,1-4H3. The zero-order chi connectivity index (χ0) is 19.0. The first kappa shape index (κ1) is 19.6. The van der Waals surface area contributed by atoms with Gasteiger partial charge in [0.05, 0.1) is 12.4 Å². The molecule has 1 aliphatic heterocycles. The van der Waals surface area contributed by atoms with Gasteiger partial charge >= 0.3 is 0 Å². The number of aliphatic hydroxyl groups is 4. The van der Waals surface area contributed by atoms with E-state index in [0.717, 1.165) is 6.42 Å². The Morgan fingerprint density at radius 2 is 2.08 bits per heavy atom. The molecule has 5 atom stereocenters. The summed E-state index contributed by atoms with van der Waals surface area (Å²) in [6.07, 6.45) is 5.42. The van der Waals surface area contributed by atoms with Gasteiger partial charge in [0.25, 0.3) is 0 Å². The molecular formula is C19H26O6. The molecule has 4 N–H and O–H groups in total. The third-order valence-corrected chi connectivity index (χ3v) is 4.93. The van der Waals surface area contributed by atoms with Crippen LogP contribution in [0.15, 0.2) is 47.5 Å². The predicted molar refractivity (Wildman–Crippen MR) is 92.2 cm³/mol. The van der Waals surface area contributed by atoms with Gasteiger partial charge in [0.15, 0.2) is 11.4 Å². The van der Waals surface area contributed by atoms with E-state index in [9.17, 15) is 25.2 Å². The van der Waals surface area contributed by atoms with Gasteiger partial charge < -0.3 is 25.2 Å². The number of carbonyl (C=O) groups is 1. The molecule has 1 heterocycles. The number of hydrogen-bond donors (Lipinski definition) is 4. The Bertz CT molecular complexity index is 665. The normalized spacial score (nSPS) is 31.3. The highest BCUT2D eigenvalue weighted by molar-refractivity contribution is 6.01.